The molecule has 0 saturated carbocycles. The van der Waals surface area contributed by atoms with E-state index >= 15 is 0 Å². The first-order valence-electron chi connectivity index (χ1n) is 5.69. The van der Waals surface area contributed by atoms with Crippen molar-refractivity contribution in [3.05, 3.63) is 42.1 Å². The summed E-state index contributed by atoms with van der Waals surface area (Å²) in [4.78, 5) is 8.93. The monoisotopic (exact) mass is 228 g/mol. The van der Waals surface area contributed by atoms with Crippen molar-refractivity contribution in [2.45, 2.75) is 19.8 Å². The molecule has 1 aromatic carbocycles. The molecule has 0 saturated heterocycles. The molecule has 3 heteroatoms. The standard InChI is InChI=1S/C14H16N2O/c1-10(2)12-9-13(17-3)16-14(15-12)11-7-5-4-6-8-11/h4-10H,1-3H3. The minimum absolute atomic E-state index is 0.356. The fourth-order valence-electron chi connectivity index (χ4n) is 1.56. The first kappa shape index (κ1) is 11.6. The zero-order valence-electron chi connectivity index (χ0n) is 10.3. The Labute approximate surface area is 102 Å². The molecule has 0 aliphatic rings. The average Bonchev–Trinajstić information content (AvgIpc) is 2.39. The maximum absolute atomic E-state index is 5.22. The van der Waals surface area contributed by atoms with Gasteiger partial charge in [0, 0.05) is 11.6 Å². The fraction of sp³-hybridized carbons (Fsp3) is 0.286. The van der Waals surface area contributed by atoms with Gasteiger partial charge in [0.2, 0.25) is 5.88 Å². The van der Waals surface area contributed by atoms with E-state index in [9.17, 15) is 0 Å². The number of aromatic nitrogens is 2. The number of methoxy groups -OCH3 is 1. The Bertz CT molecular complexity index is 495. The maximum atomic E-state index is 5.22. The molecule has 0 aliphatic heterocycles. The topological polar surface area (TPSA) is 35.0 Å². The number of ether oxygens (including phenoxy) is 1. The summed E-state index contributed by atoms with van der Waals surface area (Å²) in [6.07, 6.45) is 0. The molecule has 0 atom stereocenters. The summed E-state index contributed by atoms with van der Waals surface area (Å²) in [5.74, 6) is 1.69. The van der Waals surface area contributed by atoms with Gasteiger partial charge in [-0.2, -0.15) is 4.98 Å². The highest BCUT2D eigenvalue weighted by atomic mass is 16.5. The Morgan fingerprint density at radius 1 is 1.06 bits per heavy atom. The van der Waals surface area contributed by atoms with E-state index in [2.05, 4.69) is 23.8 Å². The van der Waals surface area contributed by atoms with Crippen LogP contribution in [-0.4, -0.2) is 17.1 Å². The predicted octanol–water partition coefficient (Wildman–Crippen LogP) is 3.28. The second-order valence-electron chi connectivity index (χ2n) is 4.18. The van der Waals surface area contributed by atoms with E-state index < -0.39 is 0 Å². The smallest absolute Gasteiger partial charge is 0.216 e. The SMILES string of the molecule is COc1cc(C(C)C)nc(-c2ccccc2)n1. The molecule has 1 heterocycles. The van der Waals surface area contributed by atoms with Gasteiger partial charge in [0.25, 0.3) is 0 Å². The third kappa shape index (κ3) is 2.61. The molecular formula is C14H16N2O. The van der Waals surface area contributed by atoms with Crippen molar-refractivity contribution in [3.63, 3.8) is 0 Å². The van der Waals surface area contributed by atoms with Gasteiger partial charge in [0.05, 0.1) is 12.8 Å². The van der Waals surface area contributed by atoms with E-state index in [0.29, 0.717) is 17.6 Å². The summed E-state index contributed by atoms with van der Waals surface area (Å²) >= 11 is 0. The summed E-state index contributed by atoms with van der Waals surface area (Å²) in [5, 5.41) is 0. The van der Waals surface area contributed by atoms with E-state index in [-0.39, 0.29) is 0 Å². The van der Waals surface area contributed by atoms with Gasteiger partial charge in [-0.25, -0.2) is 4.98 Å². The van der Waals surface area contributed by atoms with Crippen LogP contribution in [0.5, 0.6) is 5.88 Å². The van der Waals surface area contributed by atoms with Crippen LogP contribution in [0, 0.1) is 0 Å². The molecule has 0 unspecified atom stereocenters. The van der Waals surface area contributed by atoms with Crippen molar-refractivity contribution in [2.24, 2.45) is 0 Å². The van der Waals surface area contributed by atoms with Crippen molar-refractivity contribution in [3.8, 4) is 17.3 Å². The zero-order chi connectivity index (χ0) is 12.3. The molecule has 0 aliphatic carbocycles. The second-order valence-corrected chi connectivity index (χ2v) is 4.18. The largest absolute Gasteiger partial charge is 0.481 e. The van der Waals surface area contributed by atoms with Crippen molar-refractivity contribution < 1.29 is 4.74 Å². The number of benzene rings is 1. The number of hydrogen-bond donors (Lipinski definition) is 0. The van der Waals surface area contributed by atoms with Gasteiger partial charge in [-0.15, -0.1) is 0 Å². The third-order valence-electron chi connectivity index (χ3n) is 2.56. The van der Waals surface area contributed by atoms with E-state index in [0.717, 1.165) is 11.3 Å². The van der Waals surface area contributed by atoms with Crippen LogP contribution >= 0.6 is 0 Å². The van der Waals surface area contributed by atoms with Crippen LogP contribution in [0.2, 0.25) is 0 Å². The molecule has 0 spiro atoms. The van der Waals surface area contributed by atoms with E-state index in [1.165, 1.54) is 0 Å². The van der Waals surface area contributed by atoms with Gasteiger partial charge in [-0.05, 0) is 5.92 Å². The van der Waals surface area contributed by atoms with Crippen LogP contribution in [0.1, 0.15) is 25.5 Å². The highest BCUT2D eigenvalue weighted by Gasteiger charge is 2.09. The van der Waals surface area contributed by atoms with Gasteiger partial charge >= 0.3 is 0 Å². The number of nitrogens with zero attached hydrogens (tertiary/aromatic N) is 2. The molecule has 0 N–H and O–H groups in total. The molecule has 0 bridgehead atoms. The Balaban J connectivity index is 2.50. The van der Waals surface area contributed by atoms with Gasteiger partial charge in [0.1, 0.15) is 0 Å². The molecule has 0 fully saturated rings. The molecule has 0 radical (unpaired) electrons. The Morgan fingerprint density at radius 3 is 2.35 bits per heavy atom. The Kier molecular flexibility index (Phi) is 3.38. The second kappa shape index (κ2) is 4.95. The summed E-state index contributed by atoms with van der Waals surface area (Å²) in [6, 6.07) is 11.8. The van der Waals surface area contributed by atoms with Crippen LogP contribution in [0.4, 0.5) is 0 Å². The first-order valence-corrected chi connectivity index (χ1v) is 5.69. The molecule has 88 valence electrons. The van der Waals surface area contributed by atoms with Crippen molar-refractivity contribution in [1.82, 2.24) is 9.97 Å². The van der Waals surface area contributed by atoms with E-state index in [1.807, 2.05) is 36.4 Å². The molecule has 2 aromatic rings. The van der Waals surface area contributed by atoms with Crippen LogP contribution in [0.3, 0.4) is 0 Å². The summed E-state index contributed by atoms with van der Waals surface area (Å²) in [5.41, 5.74) is 2.00. The molecule has 1 aromatic heterocycles. The zero-order valence-corrected chi connectivity index (χ0v) is 10.3. The summed E-state index contributed by atoms with van der Waals surface area (Å²) in [7, 11) is 1.63. The summed E-state index contributed by atoms with van der Waals surface area (Å²) < 4.78 is 5.22. The quantitative estimate of drug-likeness (QED) is 0.808. The van der Waals surface area contributed by atoms with Crippen LogP contribution < -0.4 is 4.74 Å². The lowest BCUT2D eigenvalue weighted by atomic mass is 10.1. The normalized spacial score (nSPS) is 10.6. The Hall–Kier alpha value is -1.90. The van der Waals surface area contributed by atoms with E-state index in [4.69, 9.17) is 4.74 Å². The van der Waals surface area contributed by atoms with Gasteiger partial charge < -0.3 is 4.74 Å². The fourth-order valence-corrected chi connectivity index (χ4v) is 1.56. The van der Waals surface area contributed by atoms with Crippen molar-refractivity contribution >= 4 is 0 Å². The number of hydrogen-bond acceptors (Lipinski definition) is 3. The van der Waals surface area contributed by atoms with Gasteiger partial charge in [-0.1, -0.05) is 44.2 Å². The Morgan fingerprint density at radius 2 is 1.76 bits per heavy atom. The van der Waals surface area contributed by atoms with Crippen LogP contribution in [-0.2, 0) is 0 Å². The minimum atomic E-state index is 0.356. The van der Waals surface area contributed by atoms with Gasteiger partial charge in [-0.3, -0.25) is 0 Å². The van der Waals surface area contributed by atoms with Gasteiger partial charge in [0.15, 0.2) is 5.82 Å². The number of rotatable bonds is 3. The van der Waals surface area contributed by atoms with Crippen molar-refractivity contribution in [1.29, 1.82) is 0 Å². The lowest BCUT2D eigenvalue weighted by Gasteiger charge is -2.09. The van der Waals surface area contributed by atoms with Crippen LogP contribution in [0.15, 0.2) is 36.4 Å². The van der Waals surface area contributed by atoms with E-state index in [1.54, 1.807) is 7.11 Å². The molecule has 17 heavy (non-hydrogen) atoms. The lowest BCUT2D eigenvalue weighted by molar-refractivity contribution is 0.396. The molecule has 0 amide bonds. The first-order chi connectivity index (χ1) is 8.20. The lowest BCUT2D eigenvalue weighted by Crippen LogP contribution is -2.00. The minimum Gasteiger partial charge on any atom is -0.481 e. The average molecular weight is 228 g/mol. The predicted molar refractivity (Wildman–Crippen MR) is 68.1 cm³/mol. The highest BCUT2D eigenvalue weighted by Crippen LogP contribution is 2.22. The maximum Gasteiger partial charge on any atom is 0.216 e. The van der Waals surface area contributed by atoms with Crippen molar-refractivity contribution in [2.75, 3.05) is 7.11 Å². The van der Waals surface area contributed by atoms with Crippen LogP contribution in [0.25, 0.3) is 11.4 Å². The third-order valence-corrected chi connectivity index (χ3v) is 2.56. The summed E-state index contributed by atoms with van der Waals surface area (Å²) in [6.45, 7) is 4.22. The molecule has 3 nitrogen and oxygen atoms in total. The molecular weight excluding hydrogens is 212 g/mol. The molecule has 2 rings (SSSR count). The highest BCUT2D eigenvalue weighted by molar-refractivity contribution is 5.55.